The fraction of sp³-hybridized carbons (Fsp3) is 0.286. The van der Waals surface area contributed by atoms with Crippen LogP contribution < -0.4 is 5.73 Å². The molecule has 1 aromatic rings. The van der Waals surface area contributed by atoms with Crippen molar-refractivity contribution in [3.05, 3.63) is 17.1 Å². The molecule has 0 unspecified atom stereocenters. The second kappa shape index (κ2) is 2.65. The van der Waals surface area contributed by atoms with Crippen LogP contribution in [0.2, 0.25) is 0 Å². The van der Waals surface area contributed by atoms with Gasteiger partial charge in [-0.25, -0.2) is 9.97 Å². The summed E-state index contributed by atoms with van der Waals surface area (Å²) in [4.78, 5) is 7.98. The van der Waals surface area contributed by atoms with Crippen LogP contribution in [-0.4, -0.2) is 16.2 Å². The Balaban J connectivity index is 3.36. The van der Waals surface area contributed by atoms with Crippen LogP contribution in [0.5, 0.6) is 0 Å². The van der Waals surface area contributed by atoms with E-state index in [1.165, 1.54) is 6.21 Å². The predicted octanol–water partition coefficient (Wildman–Crippen LogP) is 0.673. The molecule has 0 atom stereocenters. The highest BCUT2D eigenvalue weighted by molar-refractivity contribution is 5.84. The van der Waals surface area contributed by atoms with Gasteiger partial charge in [-0.3, -0.25) is 0 Å². The van der Waals surface area contributed by atoms with Gasteiger partial charge in [0.05, 0.1) is 11.3 Å². The Kier molecular flexibility index (Phi) is 1.85. The van der Waals surface area contributed by atoms with Gasteiger partial charge in [-0.2, -0.15) is 0 Å². The summed E-state index contributed by atoms with van der Waals surface area (Å²) in [5.74, 6) is 1.02. The number of nitrogens with zero attached hydrogens (tertiary/aromatic N) is 2. The minimum Gasteiger partial charge on any atom is -0.383 e. The van der Waals surface area contributed by atoms with Crippen molar-refractivity contribution in [3.8, 4) is 0 Å². The number of nitrogens with two attached hydrogens (primary N) is 1. The molecule has 1 heterocycles. The van der Waals surface area contributed by atoms with E-state index in [4.69, 9.17) is 11.1 Å². The number of nitrogen functional groups attached to an aromatic ring is 1. The number of aryl methyl sites for hydroxylation is 2. The summed E-state index contributed by atoms with van der Waals surface area (Å²) in [5, 5.41) is 7.01. The molecule has 0 aliphatic rings. The largest absolute Gasteiger partial charge is 0.383 e. The van der Waals surface area contributed by atoms with E-state index in [1.54, 1.807) is 6.92 Å². The van der Waals surface area contributed by atoms with Crippen molar-refractivity contribution in [2.24, 2.45) is 0 Å². The number of anilines is 1. The topological polar surface area (TPSA) is 75.7 Å². The Hall–Kier alpha value is -1.45. The summed E-state index contributed by atoms with van der Waals surface area (Å²) < 4.78 is 0. The van der Waals surface area contributed by atoms with Gasteiger partial charge in [0.25, 0.3) is 0 Å². The van der Waals surface area contributed by atoms with Crippen LogP contribution in [0.3, 0.4) is 0 Å². The molecule has 0 aliphatic heterocycles. The number of nitrogens with one attached hydrogen (secondary N) is 1. The Bertz CT molecular complexity index is 269. The van der Waals surface area contributed by atoms with Crippen molar-refractivity contribution in [2.45, 2.75) is 13.8 Å². The highest BCUT2D eigenvalue weighted by atomic mass is 14.9. The number of aromatic nitrogens is 2. The molecule has 0 saturated heterocycles. The molecule has 58 valence electrons. The first-order valence-corrected chi connectivity index (χ1v) is 3.26. The normalized spacial score (nSPS) is 9.64. The fourth-order valence-electron chi connectivity index (χ4n) is 0.926. The molecule has 0 amide bonds. The first kappa shape index (κ1) is 7.65. The summed E-state index contributed by atoms with van der Waals surface area (Å²) in [7, 11) is 0. The molecule has 3 N–H and O–H groups in total. The maximum atomic E-state index is 7.01. The van der Waals surface area contributed by atoms with Gasteiger partial charge in [-0.05, 0) is 13.8 Å². The lowest BCUT2D eigenvalue weighted by molar-refractivity contribution is 1.01. The van der Waals surface area contributed by atoms with E-state index in [0.717, 1.165) is 5.69 Å². The van der Waals surface area contributed by atoms with Crippen molar-refractivity contribution in [1.82, 2.24) is 9.97 Å². The molecule has 0 aromatic carbocycles. The average Bonchev–Trinajstić information content (AvgIpc) is 1.85. The molecule has 0 fully saturated rings. The molecule has 11 heavy (non-hydrogen) atoms. The minimum atomic E-state index is 0.380. The van der Waals surface area contributed by atoms with Crippen LogP contribution in [0, 0.1) is 19.3 Å². The fourth-order valence-corrected chi connectivity index (χ4v) is 0.926. The van der Waals surface area contributed by atoms with Crippen molar-refractivity contribution >= 4 is 12.0 Å². The van der Waals surface area contributed by atoms with Gasteiger partial charge >= 0.3 is 0 Å². The number of rotatable bonds is 1. The zero-order valence-electron chi connectivity index (χ0n) is 6.55. The van der Waals surface area contributed by atoms with Gasteiger partial charge in [0.1, 0.15) is 11.6 Å². The Morgan fingerprint density at radius 2 is 2.00 bits per heavy atom. The zero-order valence-corrected chi connectivity index (χ0v) is 6.55. The van der Waals surface area contributed by atoms with E-state index in [2.05, 4.69) is 9.97 Å². The van der Waals surface area contributed by atoms with Gasteiger partial charge in [0, 0.05) is 6.21 Å². The number of hydrogen-bond donors (Lipinski definition) is 2. The molecule has 4 heteroatoms. The maximum absolute atomic E-state index is 7.01. The molecule has 0 saturated carbocycles. The summed E-state index contributed by atoms with van der Waals surface area (Å²) in [6.45, 7) is 3.59. The summed E-state index contributed by atoms with van der Waals surface area (Å²) in [6, 6.07) is 0. The van der Waals surface area contributed by atoms with Crippen molar-refractivity contribution < 1.29 is 0 Å². The van der Waals surface area contributed by atoms with Crippen LogP contribution in [0.1, 0.15) is 17.1 Å². The highest BCUT2D eigenvalue weighted by Gasteiger charge is 2.02. The summed E-state index contributed by atoms with van der Waals surface area (Å²) in [5.41, 5.74) is 6.89. The minimum absolute atomic E-state index is 0.380. The van der Waals surface area contributed by atoms with E-state index >= 15 is 0 Å². The van der Waals surface area contributed by atoms with Crippen molar-refractivity contribution in [1.29, 1.82) is 5.41 Å². The average molecular weight is 150 g/mol. The van der Waals surface area contributed by atoms with Crippen LogP contribution >= 0.6 is 0 Å². The van der Waals surface area contributed by atoms with Crippen LogP contribution in [0.4, 0.5) is 5.82 Å². The Morgan fingerprint density at radius 1 is 1.36 bits per heavy atom. The number of hydrogen-bond acceptors (Lipinski definition) is 4. The standard InChI is InChI=1S/C7H10N4/c1-4-6(3-8)7(9)11-5(2)10-4/h3,8H,1-2H3,(H2,9,10,11). The lowest BCUT2D eigenvalue weighted by atomic mass is 10.2. The lowest BCUT2D eigenvalue weighted by Crippen LogP contribution is -2.04. The zero-order chi connectivity index (χ0) is 8.43. The Morgan fingerprint density at radius 3 is 2.45 bits per heavy atom. The summed E-state index contributed by atoms with van der Waals surface area (Å²) >= 11 is 0. The molecule has 0 aliphatic carbocycles. The van der Waals surface area contributed by atoms with Crippen LogP contribution in [0.25, 0.3) is 0 Å². The quantitative estimate of drug-likeness (QED) is 0.578. The third kappa shape index (κ3) is 1.34. The second-order valence-corrected chi connectivity index (χ2v) is 2.30. The molecule has 0 radical (unpaired) electrons. The van der Waals surface area contributed by atoms with Gasteiger partial charge in [-0.15, -0.1) is 0 Å². The van der Waals surface area contributed by atoms with E-state index in [9.17, 15) is 0 Å². The maximum Gasteiger partial charge on any atom is 0.136 e. The Labute approximate surface area is 65.0 Å². The molecule has 0 bridgehead atoms. The lowest BCUT2D eigenvalue weighted by Gasteiger charge is -2.02. The van der Waals surface area contributed by atoms with Crippen LogP contribution in [0.15, 0.2) is 0 Å². The van der Waals surface area contributed by atoms with E-state index in [0.29, 0.717) is 17.2 Å². The molecular formula is C7H10N4. The third-order valence-corrected chi connectivity index (χ3v) is 1.42. The smallest absolute Gasteiger partial charge is 0.136 e. The van der Waals surface area contributed by atoms with E-state index < -0.39 is 0 Å². The third-order valence-electron chi connectivity index (χ3n) is 1.42. The van der Waals surface area contributed by atoms with Crippen LogP contribution in [-0.2, 0) is 0 Å². The summed E-state index contributed by atoms with van der Waals surface area (Å²) in [6.07, 6.45) is 1.17. The first-order chi connectivity index (χ1) is 5.15. The van der Waals surface area contributed by atoms with E-state index in [-0.39, 0.29) is 0 Å². The first-order valence-electron chi connectivity index (χ1n) is 3.26. The molecule has 1 rings (SSSR count). The van der Waals surface area contributed by atoms with E-state index in [1.807, 2.05) is 6.92 Å². The monoisotopic (exact) mass is 150 g/mol. The van der Waals surface area contributed by atoms with Crippen molar-refractivity contribution in [3.63, 3.8) is 0 Å². The molecule has 4 nitrogen and oxygen atoms in total. The predicted molar refractivity (Wildman–Crippen MR) is 43.8 cm³/mol. The van der Waals surface area contributed by atoms with Gasteiger partial charge in [0.15, 0.2) is 0 Å². The molecule has 0 spiro atoms. The second-order valence-electron chi connectivity index (χ2n) is 2.30. The highest BCUT2D eigenvalue weighted by Crippen LogP contribution is 2.08. The van der Waals surface area contributed by atoms with Gasteiger partial charge in [0.2, 0.25) is 0 Å². The van der Waals surface area contributed by atoms with Gasteiger partial charge < -0.3 is 11.1 Å². The van der Waals surface area contributed by atoms with Crippen molar-refractivity contribution in [2.75, 3.05) is 5.73 Å². The SMILES string of the molecule is Cc1nc(C)c(C=N)c(N)n1. The van der Waals surface area contributed by atoms with Gasteiger partial charge in [-0.1, -0.05) is 0 Å². The molecule has 1 aromatic heterocycles. The molecular weight excluding hydrogens is 140 g/mol.